The molecule has 49 heavy (non-hydrogen) atoms. The van der Waals surface area contributed by atoms with Crippen LogP contribution in [0.5, 0.6) is 5.88 Å². The van der Waals surface area contributed by atoms with Crippen molar-refractivity contribution in [3.8, 4) is 17.1 Å². The number of anilines is 2. The van der Waals surface area contributed by atoms with E-state index in [9.17, 15) is 8.42 Å². The van der Waals surface area contributed by atoms with E-state index in [2.05, 4.69) is 47.3 Å². The maximum Gasteiger partial charge on any atom is 0.264 e. The van der Waals surface area contributed by atoms with Crippen molar-refractivity contribution in [1.82, 2.24) is 19.9 Å². The molecule has 1 aliphatic carbocycles. The molecule has 0 spiro atoms. The molecule has 4 bridgehead atoms. The fraction of sp³-hybridized carbons (Fsp3) is 0.487. The summed E-state index contributed by atoms with van der Waals surface area (Å²) in [7, 11) is -4.01. The molecule has 3 atom stereocenters. The van der Waals surface area contributed by atoms with Gasteiger partial charge < -0.3 is 9.64 Å². The molecule has 1 saturated carbocycles. The lowest BCUT2D eigenvalue weighted by Gasteiger charge is -2.49. The van der Waals surface area contributed by atoms with Crippen LogP contribution in [0.25, 0.3) is 11.3 Å². The molecule has 2 aliphatic rings. The average Bonchev–Trinajstić information content (AvgIpc) is 3.04. The number of rotatable bonds is 10. The fourth-order valence-electron chi connectivity index (χ4n) is 7.58. The molecule has 1 aliphatic heterocycles. The smallest absolute Gasteiger partial charge is 0.264 e. The lowest BCUT2D eigenvalue weighted by molar-refractivity contribution is 0.217. The molecule has 2 aromatic heterocycles. The Balaban J connectivity index is 1.40. The van der Waals surface area contributed by atoms with E-state index in [-0.39, 0.29) is 28.8 Å². The Bertz CT molecular complexity index is 1840. The van der Waals surface area contributed by atoms with Gasteiger partial charge in [-0.05, 0) is 92.7 Å². The van der Waals surface area contributed by atoms with Crippen LogP contribution in [-0.4, -0.2) is 47.0 Å². The zero-order chi connectivity index (χ0) is 34.7. The molecular weight excluding hydrogens is 633 g/mol. The first-order valence-corrected chi connectivity index (χ1v) is 19.4. The van der Waals surface area contributed by atoms with Crippen LogP contribution in [0.15, 0.2) is 65.8 Å². The molecule has 9 nitrogen and oxygen atoms in total. The lowest BCUT2D eigenvalue weighted by Crippen LogP contribution is -2.53. The molecule has 0 saturated heterocycles. The van der Waals surface area contributed by atoms with Crippen LogP contribution in [0.4, 0.5) is 11.6 Å². The van der Waals surface area contributed by atoms with Crippen molar-refractivity contribution in [2.24, 2.45) is 5.92 Å². The second kappa shape index (κ2) is 14.8. The van der Waals surface area contributed by atoms with Gasteiger partial charge in [-0.25, -0.2) is 28.1 Å². The SMILES string of the molecule is CCCC(CCC)c1cnc(C2CCC2N2c3cccc(c3)S(=O)(=O)Nc3nc(cc(-c4c(C)cccc4C)n3)OCC2CC(C)C)nc1. The standard InChI is InChI=1S/C39H50N6O3S/c1-7-11-28(12-8-2)29-22-40-38(41-23-29)33-17-18-35(33)45-30-15-10-16-32(20-30)49(46,47)44-39-42-34(37-26(5)13-9-14-27(37)6)21-36(43-39)48-24-31(45)19-25(3)4/h9-10,13-16,20-23,25,28,31,33,35H,7-8,11-12,17-19,24H2,1-6H3,(H,42,43,44). The van der Waals surface area contributed by atoms with Gasteiger partial charge >= 0.3 is 0 Å². The number of nitrogens with one attached hydrogen (secondary N) is 1. The van der Waals surface area contributed by atoms with Crippen molar-refractivity contribution in [3.63, 3.8) is 0 Å². The van der Waals surface area contributed by atoms with Gasteiger partial charge in [0.15, 0.2) is 0 Å². The Kier molecular flexibility index (Phi) is 10.5. The van der Waals surface area contributed by atoms with Crippen LogP contribution in [0.3, 0.4) is 0 Å². The Hall–Kier alpha value is -4.05. The predicted octanol–water partition coefficient (Wildman–Crippen LogP) is 8.59. The summed E-state index contributed by atoms with van der Waals surface area (Å²) in [5.41, 5.74) is 5.68. The maximum absolute atomic E-state index is 13.9. The van der Waals surface area contributed by atoms with Crippen LogP contribution in [0.1, 0.15) is 107 Å². The van der Waals surface area contributed by atoms with Gasteiger partial charge in [-0.1, -0.05) is 64.8 Å². The van der Waals surface area contributed by atoms with E-state index in [0.717, 1.165) is 73.1 Å². The molecule has 1 fully saturated rings. The quantitative estimate of drug-likeness (QED) is 0.177. The summed E-state index contributed by atoms with van der Waals surface area (Å²) in [6.07, 6.45) is 11.4. The molecular formula is C39H50N6O3S. The summed E-state index contributed by atoms with van der Waals surface area (Å²) in [4.78, 5) is 21.7. The number of aryl methyl sites for hydroxylation is 2. The summed E-state index contributed by atoms with van der Waals surface area (Å²) < 4.78 is 36.9. The first kappa shape index (κ1) is 34.8. The molecule has 6 rings (SSSR count). The van der Waals surface area contributed by atoms with Gasteiger partial charge in [0, 0.05) is 41.7 Å². The van der Waals surface area contributed by atoms with Crippen LogP contribution in [-0.2, 0) is 10.0 Å². The summed E-state index contributed by atoms with van der Waals surface area (Å²) >= 11 is 0. The third kappa shape index (κ3) is 7.59. The molecule has 1 N–H and O–H groups in total. The molecule has 10 heteroatoms. The second-order valence-corrected chi connectivity index (χ2v) is 15.9. The number of sulfonamides is 1. The zero-order valence-electron chi connectivity index (χ0n) is 29.7. The summed E-state index contributed by atoms with van der Waals surface area (Å²) in [5, 5.41) is 0. The number of aromatic nitrogens is 4. The number of fused-ring (bicyclic) bond motifs is 4. The number of benzene rings is 2. The van der Waals surface area contributed by atoms with Crippen molar-refractivity contribution >= 4 is 21.7 Å². The Morgan fingerprint density at radius 1 is 0.939 bits per heavy atom. The maximum atomic E-state index is 13.9. The highest BCUT2D eigenvalue weighted by Crippen LogP contribution is 2.43. The first-order chi connectivity index (χ1) is 23.6. The molecule has 4 aromatic rings. The van der Waals surface area contributed by atoms with Crippen LogP contribution < -0.4 is 14.4 Å². The highest BCUT2D eigenvalue weighted by molar-refractivity contribution is 7.92. The third-order valence-corrected chi connectivity index (χ3v) is 11.3. The average molecular weight is 683 g/mol. The summed E-state index contributed by atoms with van der Waals surface area (Å²) in [6.45, 7) is 13.3. The highest BCUT2D eigenvalue weighted by Gasteiger charge is 2.42. The Labute approximate surface area is 292 Å². The minimum absolute atomic E-state index is 0.0156. The first-order valence-electron chi connectivity index (χ1n) is 17.9. The van der Waals surface area contributed by atoms with E-state index in [1.54, 1.807) is 12.1 Å². The molecule has 3 unspecified atom stereocenters. The Morgan fingerprint density at radius 2 is 1.63 bits per heavy atom. The minimum Gasteiger partial charge on any atom is -0.475 e. The van der Waals surface area contributed by atoms with E-state index in [0.29, 0.717) is 30.0 Å². The number of hydrogen-bond acceptors (Lipinski definition) is 8. The topological polar surface area (TPSA) is 110 Å². The third-order valence-electron chi connectivity index (χ3n) is 10.0. The largest absolute Gasteiger partial charge is 0.475 e. The van der Waals surface area contributed by atoms with Gasteiger partial charge in [-0.2, -0.15) is 4.98 Å². The van der Waals surface area contributed by atoms with Gasteiger partial charge in [0.1, 0.15) is 12.4 Å². The highest BCUT2D eigenvalue weighted by atomic mass is 32.2. The van der Waals surface area contributed by atoms with Crippen molar-refractivity contribution < 1.29 is 13.2 Å². The Morgan fingerprint density at radius 3 is 2.27 bits per heavy atom. The van der Waals surface area contributed by atoms with E-state index >= 15 is 0 Å². The van der Waals surface area contributed by atoms with Gasteiger partial charge in [-0.3, -0.25) is 0 Å². The van der Waals surface area contributed by atoms with E-state index < -0.39 is 10.0 Å². The van der Waals surface area contributed by atoms with Gasteiger partial charge in [0.25, 0.3) is 10.0 Å². The fourth-order valence-corrected chi connectivity index (χ4v) is 8.57. The van der Waals surface area contributed by atoms with Gasteiger partial charge in [-0.15, -0.1) is 0 Å². The summed E-state index contributed by atoms with van der Waals surface area (Å²) in [5.74, 6) is 2.14. The van der Waals surface area contributed by atoms with Crippen LogP contribution in [0.2, 0.25) is 0 Å². The van der Waals surface area contributed by atoms with Crippen molar-refractivity contribution in [1.29, 1.82) is 0 Å². The van der Waals surface area contributed by atoms with Gasteiger partial charge in [0.2, 0.25) is 11.8 Å². The van der Waals surface area contributed by atoms with E-state index in [1.165, 1.54) is 5.56 Å². The van der Waals surface area contributed by atoms with Crippen molar-refractivity contribution in [3.05, 3.63) is 83.4 Å². The van der Waals surface area contributed by atoms with E-state index in [1.807, 2.05) is 62.6 Å². The van der Waals surface area contributed by atoms with Crippen LogP contribution in [0, 0.1) is 19.8 Å². The lowest BCUT2D eigenvalue weighted by atomic mass is 9.76. The normalized spacial score (nSPS) is 20.2. The molecule has 2 aromatic carbocycles. The van der Waals surface area contributed by atoms with E-state index in [4.69, 9.17) is 14.7 Å². The zero-order valence-corrected chi connectivity index (χ0v) is 30.5. The molecule has 3 heterocycles. The molecule has 0 radical (unpaired) electrons. The second-order valence-electron chi connectivity index (χ2n) is 14.2. The summed E-state index contributed by atoms with van der Waals surface area (Å²) in [6, 6.07) is 15.1. The number of hydrogen-bond donors (Lipinski definition) is 1. The predicted molar refractivity (Wildman–Crippen MR) is 196 cm³/mol. The van der Waals surface area contributed by atoms with Crippen molar-refractivity contribution in [2.45, 2.75) is 115 Å². The van der Waals surface area contributed by atoms with Crippen molar-refractivity contribution in [2.75, 3.05) is 16.2 Å². The monoisotopic (exact) mass is 682 g/mol. The van der Waals surface area contributed by atoms with Crippen LogP contribution >= 0.6 is 0 Å². The minimum atomic E-state index is -4.01. The molecule has 260 valence electrons. The van der Waals surface area contributed by atoms with Gasteiger partial charge in [0.05, 0.1) is 16.6 Å². The molecule has 0 amide bonds. The number of ether oxygens (including phenoxy) is 1. The number of nitrogens with zero attached hydrogens (tertiary/aromatic N) is 5.